The molecule has 0 spiro atoms. The van der Waals surface area contributed by atoms with Gasteiger partial charge in [0.15, 0.2) is 0 Å². The minimum Gasteiger partial charge on any atom is -0.508 e. The van der Waals surface area contributed by atoms with Crippen LogP contribution in [0, 0.1) is 6.92 Å². The molecule has 0 aliphatic carbocycles. The van der Waals surface area contributed by atoms with Crippen LogP contribution < -0.4 is 11.1 Å². The number of phenols is 1. The largest absolute Gasteiger partial charge is 0.508 e. The number of nitrogens with two attached hydrogens (primary N) is 1. The second-order valence-electron chi connectivity index (χ2n) is 4.56. The highest BCUT2D eigenvalue weighted by molar-refractivity contribution is 5.81. The molecule has 2 rings (SSSR count). The first-order valence-corrected chi connectivity index (χ1v) is 6.27. The number of benzene rings is 1. The molecular weight excluding hydrogens is 258 g/mol. The first-order valence-electron chi connectivity index (χ1n) is 6.27. The summed E-state index contributed by atoms with van der Waals surface area (Å²) in [6.45, 7) is 2.00. The summed E-state index contributed by atoms with van der Waals surface area (Å²) in [5.41, 5.74) is 6.72. The fourth-order valence-corrected chi connectivity index (χ4v) is 1.76. The monoisotopic (exact) mass is 275 g/mol. The summed E-state index contributed by atoms with van der Waals surface area (Å²) >= 11 is 0. The summed E-state index contributed by atoms with van der Waals surface area (Å²) in [6, 6.07) is 5.95. The second kappa shape index (κ2) is 6.21. The lowest BCUT2D eigenvalue weighted by Gasteiger charge is -2.11. The average molecular weight is 275 g/mol. The number of aryl methyl sites for hydroxylation is 1. The highest BCUT2D eigenvalue weighted by atomic mass is 16.4. The normalized spacial score (nSPS) is 12.1. The van der Waals surface area contributed by atoms with Crippen molar-refractivity contribution in [1.29, 1.82) is 0 Å². The topological polar surface area (TPSA) is 101 Å². The SMILES string of the molecule is Cc1cnc(CNC(=O)[C@@H](N)Cc2ccc(O)cc2)o1. The van der Waals surface area contributed by atoms with Crippen LogP contribution in [0.5, 0.6) is 5.75 Å². The maximum atomic E-state index is 11.8. The molecule has 2 aromatic rings. The van der Waals surface area contributed by atoms with Crippen LogP contribution in [0.15, 0.2) is 34.9 Å². The second-order valence-corrected chi connectivity index (χ2v) is 4.56. The van der Waals surface area contributed by atoms with E-state index in [9.17, 15) is 9.90 Å². The van der Waals surface area contributed by atoms with Crippen LogP contribution >= 0.6 is 0 Å². The van der Waals surface area contributed by atoms with Gasteiger partial charge in [-0.3, -0.25) is 4.79 Å². The molecule has 1 atom stereocenters. The lowest BCUT2D eigenvalue weighted by molar-refractivity contribution is -0.122. The van der Waals surface area contributed by atoms with Gasteiger partial charge in [0.05, 0.1) is 18.8 Å². The van der Waals surface area contributed by atoms with Crippen LogP contribution in [0.25, 0.3) is 0 Å². The smallest absolute Gasteiger partial charge is 0.237 e. The minimum atomic E-state index is -0.657. The van der Waals surface area contributed by atoms with E-state index in [2.05, 4.69) is 10.3 Å². The number of carbonyl (C=O) groups is 1. The number of amides is 1. The fourth-order valence-electron chi connectivity index (χ4n) is 1.76. The number of aromatic nitrogens is 1. The Balaban J connectivity index is 1.84. The maximum absolute atomic E-state index is 11.8. The van der Waals surface area contributed by atoms with Crippen molar-refractivity contribution in [3.8, 4) is 5.75 Å². The Morgan fingerprint density at radius 1 is 1.45 bits per heavy atom. The van der Waals surface area contributed by atoms with Crippen molar-refractivity contribution in [1.82, 2.24) is 10.3 Å². The van der Waals surface area contributed by atoms with Crippen molar-refractivity contribution in [2.75, 3.05) is 0 Å². The summed E-state index contributed by atoms with van der Waals surface area (Å²) in [5.74, 6) is 1.07. The van der Waals surface area contributed by atoms with Crippen molar-refractivity contribution in [2.24, 2.45) is 5.73 Å². The molecule has 0 radical (unpaired) electrons. The molecule has 0 unspecified atom stereocenters. The highest BCUT2D eigenvalue weighted by Gasteiger charge is 2.14. The number of hydrogen-bond donors (Lipinski definition) is 3. The van der Waals surface area contributed by atoms with Crippen molar-refractivity contribution >= 4 is 5.91 Å². The number of phenolic OH excluding ortho intramolecular Hbond substituents is 1. The molecule has 1 heterocycles. The molecule has 0 fully saturated rings. The van der Waals surface area contributed by atoms with Crippen LogP contribution in [-0.2, 0) is 17.8 Å². The zero-order valence-corrected chi connectivity index (χ0v) is 11.2. The van der Waals surface area contributed by atoms with Crippen molar-refractivity contribution in [2.45, 2.75) is 25.9 Å². The molecule has 20 heavy (non-hydrogen) atoms. The number of nitrogens with one attached hydrogen (secondary N) is 1. The predicted octanol–water partition coefficient (Wildman–Crippen LogP) is 0.875. The summed E-state index contributed by atoms with van der Waals surface area (Å²) in [5, 5.41) is 11.9. The third-order valence-corrected chi connectivity index (χ3v) is 2.81. The molecule has 1 amide bonds. The summed E-state index contributed by atoms with van der Waals surface area (Å²) in [6.07, 6.45) is 1.99. The number of hydrogen-bond acceptors (Lipinski definition) is 5. The highest BCUT2D eigenvalue weighted by Crippen LogP contribution is 2.11. The van der Waals surface area contributed by atoms with Gasteiger partial charge < -0.3 is 20.6 Å². The summed E-state index contributed by atoms with van der Waals surface area (Å²) < 4.78 is 5.25. The molecule has 0 bridgehead atoms. The van der Waals surface area contributed by atoms with Gasteiger partial charge in [0, 0.05) is 0 Å². The molecule has 0 saturated carbocycles. The number of oxazole rings is 1. The van der Waals surface area contributed by atoms with E-state index in [4.69, 9.17) is 10.2 Å². The molecule has 6 nitrogen and oxygen atoms in total. The van der Waals surface area contributed by atoms with Gasteiger partial charge >= 0.3 is 0 Å². The Morgan fingerprint density at radius 3 is 2.75 bits per heavy atom. The van der Waals surface area contributed by atoms with Crippen LogP contribution in [0.4, 0.5) is 0 Å². The van der Waals surface area contributed by atoms with Gasteiger partial charge in [-0.2, -0.15) is 0 Å². The number of aromatic hydroxyl groups is 1. The lowest BCUT2D eigenvalue weighted by atomic mass is 10.1. The lowest BCUT2D eigenvalue weighted by Crippen LogP contribution is -2.41. The van der Waals surface area contributed by atoms with E-state index in [1.54, 1.807) is 37.4 Å². The molecule has 0 saturated heterocycles. The van der Waals surface area contributed by atoms with E-state index in [1.165, 1.54) is 0 Å². The predicted molar refractivity (Wildman–Crippen MR) is 72.9 cm³/mol. The van der Waals surface area contributed by atoms with Crippen LogP contribution in [0.3, 0.4) is 0 Å². The van der Waals surface area contributed by atoms with Crippen LogP contribution in [0.2, 0.25) is 0 Å². The van der Waals surface area contributed by atoms with E-state index in [0.717, 1.165) is 5.56 Å². The Labute approximate surface area is 116 Å². The van der Waals surface area contributed by atoms with E-state index in [-0.39, 0.29) is 18.2 Å². The fraction of sp³-hybridized carbons (Fsp3) is 0.286. The van der Waals surface area contributed by atoms with Gasteiger partial charge in [-0.15, -0.1) is 0 Å². The van der Waals surface area contributed by atoms with E-state index < -0.39 is 6.04 Å². The maximum Gasteiger partial charge on any atom is 0.237 e. The zero-order valence-electron chi connectivity index (χ0n) is 11.2. The van der Waals surface area contributed by atoms with E-state index in [0.29, 0.717) is 18.1 Å². The Hall–Kier alpha value is -2.34. The van der Waals surface area contributed by atoms with Gasteiger partial charge in [-0.05, 0) is 31.0 Å². The first-order chi connectivity index (χ1) is 9.54. The molecule has 1 aromatic carbocycles. The minimum absolute atomic E-state index is 0.186. The molecule has 0 aliphatic rings. The number of carbonyl (C=O) groups excluding carboxylic acids is 1. The van der Waals surface area contributed by atoms with Gasteiger partial charge in [-0.1, -0.05) is 12.1 Å². The van der Waals surface area contributed by atoms with Gasteiger partial charge in [0.1, 0.15) is 11.5 Å². The van der Waals surface area contributed by atoms with Crippen molar-refractivity contribution < 1.29 is 14.3 Å². The third kappa shape index (κ3) is 3.83. The Morgan fingerprint density at radius 2 is 2.15 bits per heavy atom. The average Bonchev–Trinajstić information content (AvgIpc) is 2.84. The van der Waals surface area contributed by atoms with Crippen LogP contribution in [-0.4, -0.2) is 22.0 Å². The quantitative estimate of drug-likeness (QED) is 0.751. The zero-order chi connectivity index (χ0) is 14.5. The van der Waals surface area contributed by atoms with E-state index in [1.807, 2.05) is 0 Å². The summed E-state index contributed by atoms with van der Waals surface area (Å²) in [4.78, 5) is 15.8. The number of nitrogens with zero attached hydrogens (tertiary/aromatic N) is 1. The molecule has 4 N–H and O–H groups in total. The first kappa shape index (κ1) is 14.1. The molecule has 1 aromatic heterocycles. The third-order valence-electron chi connectivity index (χ3n) is 2.81. The van der Waals surface area contributed by atoms with Gasteiger partial charge in [-0.25, -0.2) is 4.98 Å². The molecule has 106 valence electrons. The van der Waals surface area contributed by atoms with E-state index >= 15 is 0 Å². The van der Waals surface area contributed by atoms with Crippen LogP contribution in [0.1, 0.15) is 17.2 Å². The molecular formula is C14H17N3O3. The standard InChI is InChI=1S/C14H17N3O3/c1-9-7-16-13(20-9)8-17-14(19)12(15)6-10-2-4-11(18)5-3-10/h2-5,7,12,18H,6,8,15H2,1H3,(H,17,19)/t12-/m0/s1. The number of rotatable bonds is 5. The summed E-state index contributed by atoms with van der Waals surface area (Å²) in [7, 11) is 0. The van der Waals surface area contributed by atoms with Crippen molar-refractivity contribution in [3.63, 3.8) is 0 Å². The Kier molecular flexibility index (Phi) is 4.37. The molecule has 6 heteroatoms. The van der Waals surface area contributed by atoms with Gasteiger partial charge in [0.2, 0.25) is 11.8 Å². The molecule has 0 aliphatic heterocycles. The Bertz CT molecular complexity index is 578. The van der Waals surface area contributed by atoms with Gasteiger partial charge in [0.25, 0.3) is 0 Å². The van der Waals surface area contributed by atoms with Crippen molar-refractivity contribution in [3.05, 3.63) is 47.7 Å².